The normalized spacial score (nSPS) is 25.6. The molecule has 0 aliphatic heterocycles. The van der Waals surface area contributed by atoms with Gasteiger partial charge in [-0.3, -0.25) is 0 Å². The zero-order chi connectivity index (χ0) is 12.4. The number of rotatable bonds is 1. The zero-order valence-corrected chi connectivity index (χ0v) is 11.7. The molecule has 0 bridgehead atoms. The van der Waals surface area contributed by atoms with Crippen LogP contribution in [-0.4, -0.2) is 5.38 Å². The molecule has 1 fully saturated rings. The molecule has 0 spiro atoms. The number of alkyl halides is 1. The van der Waals surface area contributed by atoms with Crippen molar-refractivity contribution in [2.45, 2.75) is 43.4 Å². The first kappa shape index (κ1) is 13.3. The highest BCUT2D eigenvalue weighted by Gasteiger charge is 2.29. The van der Waals surface area contributed by atoms with E-state index in [0.717, 1.165) is 32.1 Å². The summed E-state index contributed by atoms with van der Waals surface area (Å²) in [5, 5.41) is -0.171. The molecule has 0 heterocycles. The molecule has 0 amide bonds. The highest BCUT2D eigenvalue weighted by Crippen LogP contribution is 2.39. The predicted octanol–water partition coefficient (Wildman–Crippen LogP) is 5.38. The molecular weight excluding hydrogens is 309 g/mol. The van der Waals surface area contributed by atoms with Gasteiger partial charge in [0.25, 0.3) is 0 Å². The van der Waals surface area contributed by atoms with Gasteiger partial charge in [0.2, 0.25) is 0 Å². The molecule has 2 unspecified atom stereocenters. The quantitative estimate of drug-likeness (QED) is 0.370. The van der Waals surface area contributed by atoms with Crippen LogP contribution >= 0.6 is 27.5 Å². The van der Waals surface area contributed by atoms with Gasteiger partial charge in [0.05, 0.1) is 4.47 Å². The number of hydrogen-bond acceptors (Lipinski definition) is 0. The van der Waals surface area contributed by atoms with E-state index in [-0.39, 0.29) is 16.9 Å². The van der Waals surface area contributed by atoms with E-state index in [1.54, 1.807) is 0 Å². The first-order valence-electron chi connectivity index (χ1n) is 5.88. The topological polar surface area (TPSA) is 0 Å². The summed E-state index contributed by atoms with van der Waals surface area (Å²) in [6, 6.07) is 2.70. The SMILES string of the molecule is Fc1ccc(Br)c(F)c1C1CCCCCC1Cl. The number of halogens is 4. The summed E-state index contributed by atoms with van der Waals surface area (Å²) in [5.41, 5.74) is 0.154. The lowest BCUT2D eigenvalue weighted by Gasteiger charge is -2.21. The van der Waals surface area contributed by atoms with E-state index in [1.165, 1.54) is 12.1 Å². The third kappa shape index (κ3) is 2.82. The Balaban J connectivity index is 2.40. The van der Waals surface area contributed by atoms with Crippen molar-refractivity contribution in [1.29, 1.82) is 0 Å². The molecule has 1 saturated carbocycles. The molecule has 0 saturated heterocycles. The maximum Gasteiger partial charge on any atom is 0.143 e. The molecule has 1 aromatic carbocycles. The van der Waals surface area contributed by atoms with Crippen molar-refractivity contribution in [1.82, 2.24) is 0 Å². The molecule has 0 nitrogen and oxygen atoms in total. The van der Waals surface area contributed by atoms with Crippen molar-refractivity contribution in [3.8, 4) is 0 Å². The van der Waals surface area contributed by atoms with E-state index in [0.29, 0.717) is 4.47 Å². The van der Waals surface area contributed by atoms with E-state index < -0.39 is 11.6 Å². The van der Waals surface area contributed by atoms with Crippen molar-refractivity contribution in [2.75, 3.05) is 0 Å². The fraction of sp³-hybridized carbons (Fsp3) is 0.538. The molecule has 17 heavy (non-hydrogen) atoms. The lowest BCUT2D eigenvalue weighted by molar-refractivity contribution is 0.493. The number of hydrogen-bond donors (Lipinski definition) is 0. The van der Waals surface area contributed by atoms with E-state index in [4.69, 9.17) is 11.6 Å². The molecular formula is C13H14BrClF2. The molecule has 94 valence electrons. The molecule has 1 aliphatic rings. The third-order valence-corrected chi connectivity index (χ3v) is 4.52. The van der Waals surface area contributed by atoms with Gasteiger partial charge in [-0.05, 0) is 40.9 Å². The summed E-state index contributed by atoms with van der Waals surface area (Å²) in [7, 11) is 0. The van der Waals surface area contributed by atoms with Crippen molar-refractivity contribution in [2.24, 2.45) is 0 Å². The predicted molar refractivity (Wildman–Crippen MR) is 69.5 cm³/mol. The van der Waals surface area contributed by atoms with E-state index in [1.807, 2.05) is 0 Å². The minimum absolute atomic E-state index is 0.154. The maximum atomic E-state index is 14.0. The van der Waals surface area contributed by atoms with Crippen LogP contribution < -0.4 is 0 Å². The highest BCUT2D eigenvalue weighted by atomic mass is 79.9. The molecule has 4 heteroatoms. The van der Waals surface area contributed by atoms with Crippen LogP contribution in [0.2, 0.25) is 0 Å². The van der Waals surface area contributed by atoms with Crippen LogP contribution in [0.25, 0.3) is 0 Å². The molecule has 0 N–H and O–H groups in total. The Kier molecular flexibility index (Phi) is 4.42. The first-order chi connectivity index (χ1) is 8.11. The fourth-order valence-electron chi connectivity index (χ4n) is 2.47. The third-order valence-electron chi connectivity index (χ3n) is 3.38. The summed E-state index contributed by atoms with van der Waals surface area (Å²) in [6.45, 7) is 0. The van der Waals surface area contributed by atoms with Crippen LogP contribution in [0, 0.1) is 11.6 Å². The van der Waals surface area contributed by atoms with Gasteiger partial charge >= 0.3 is 0 Å². The van der Waals surface area contributed by atoms with Crippen LogP contribution in [0.1, 0.15) is 43.6 Å². The Morgan fingerprint density at radius 3 is 2.59 bits per heavy atom. The summed E-state index contributed by atoms with van der Waals surface area (Å²) < 4.78 is 28.1. The van der Waals surface area contributed by atoms with Gasteiger partial charge in [-0.2, -0.15) is 0 Å². The Morgan fingerprint density at radius 2 is 1.82 bits per heavy atom. The molecule has 1 aliphatic carbocycles. The minimum Gasteiger partial charge on any atom is -0.207 e. The largest absolute Gasteiger partial charge is 0.207 e. The Labute approximate surface area is 113 Å². The summed E-state index contributed by atoms with van der Waals surface area (Å²) >= 11 is 9.37. The van der Waals surface area contributed by atoms with Gasteiger partial charge in [0.15, 0.2) is 0 Å². The summed E-state index contributed by atoms with van der Waals surface area (Å²) in [4.78, 5) is 0. The highest BCUT2D eigenvalue weighted by molar-refractivity contribution is 9.10. The van der Waals surface area contributed by atoms with Crippen molar-refractivity contribution in [3.05, 3.63) is 33.8 Å². The average molecular weight is 324 g/mol. The van der Waals surface area contributed by atoms with Gasteiger partial charge in [-0.1, -0.05) is 19.3 Å². The second-order valence-electron chi connectivity index (χ2n) is 4.52. The second-order valence-corrected chi connectivity index (χ2v) is 5.93. The fourth-order valence-corrected chi connectivity index (χ4v) is 3.22. The van der Waals surface area contributed by atoms with Crippen LogP contribution in [0.3, 0.4) is 0 Å². The van der Waals surface area contributed by atoms with Crippen LogP contribution in [-0.2, 0) is 0 Å². The Morgan fingerprint density at radius 1 is 1.12 bits per heavy atom. The van der Waals surface area contributed by atoms with Gasteiger partial charge in [-0.25, -0.2) is 8.78 Å². The van der Waals surface area contributed by atoms with E-state index in [2.05, 4.69) is 15.9 Å². The first-order valence-corrected chi connectivity index (χ1v) is 7.11. The van der Waals surface area contributed by atoms with Gasteiger partial charge in [0.1, 0.15) is 11.6 Å². The minimum atomic E-state index is -0.498. The summed E-state index contributed by atoms with van der Waals surface area (Å²) in [6.07, 6.45) is 4.72. The van der Waals surface area contributed by atoms with Crippen LogP contribution in [0.4, 0.5) is 8.78 Å². The molecule has 2 rings (SSSR count). The smallest absolute Gasteiger partial charge is 0.143 e. The molecule has 0 radical (unpaired) electrons. The van der Waals surface area contributed by atoms with Gasteiger partial charge in [0, 0.05) is 16.9 Å². The van der Waals surface area contributed by atoms with E-state index in [9.17, 15) is 8.78 Å². The van der Waals surface area contributed by atoms with Crippen molar-refractivity contribution in [3.63, 3.8) is 0 Å². The summed E-state index contributed by atoms with van der Waals surface area (Å²) in [5.74, 6) is -1.19. The van der Waals surface area contributed by atoms with E-state index >= 15 is 0 Å². The maximum absolute atomic E-state index is 14.0. The van der Waals surface area contributed by atoms with Gasteiger partial charge < -0.3 is 0 Å². The number of benzene rings is 1. The van der Waals surface area contributed by atoms with Crippen LogP contribution in [0.5, 0.6) is 0 Å². The zero-order valence-electron chi connectivity index (χ0n) is 9.36. The Bertz CT molecular complexity index is 409. The monoisotopic (exact) mass is 322 g/mol. The van der Waals surface area contributed by atoms with Crippen molar-refractivity contribution >= 4 is 27.5 Å². The average Bonchev–Trinajstić information content (AvgIpc) is 2.50. The van der Waals surface area contributed by atoms with Crippen molar-refractivity contribution < 1.29 is 8.78 Å². The lowest BCUT2D eigenvalue weighted by atomic mass is 9.90. The Hall–Kier alpha value is -0.150. The van der Waals surface area contributed by atoms with Gasteiger partial charge in [-0.15, -0.1) is 11.6 Å². The lowest BCUT2D eigenvalue weighted by Crippen LogP contribution is -2.15. The molecule has 1 aromatic rings. The molecule has 0 aromatic heterocycles. The van der Waals surface area contributed by atoms with Crippen LogP contribution in [0.15, 0.2) is 16.6 Å². The second kappa shape index (κ2) is 5.66. The standard InChI is InChI=1S/C13H14BrClF2/c14-9-6-7-11(16)12(13(9)17)8-4-2-1-3-5-10(8)15/h6-8,10H,1-5H2. The molecule has 2 atom stereocenters.